The fourth-order valence-corrected chi connectivity index (χ4v) is 5.29. The van der Waals surface area contributed by atoms with Crippen molar-refractivity contribution in [2.45, 2.75) is 44.4 Å². The summed E-state index contributed by atoms with van der Waals surface area (Å²) in [5.41, 5.74) is 1.31. The van der Waals surface area contributed by atoms with Crippen molar-refractivity contribution >= 4 is 28.2 Å². The van der Waals surface area contributed by atoms with Gasteiger partial charge in [0.15, 0.2) is 11.5 Å². The predicted octanol–water partition coefficient (Wildman–Crippen LogP) is 2.97. The van der Waals surface area contributed by atoms with Gasteiger partial charge in [-0.2, -0.15) is 0 Å². The number of anilines is 1. The largest absolute Gasteiger partial charge is 0.483 e. The molecule has 5 rings (SSSR count). The van der Waals surface area contributed by atoms with Crippen LogP contribution in [0, 0.1) is 12.8 Å². The predicted molar refractivity (Wildman–Crippen MR) is 106 cm³/mol. The molecule has 1 saturated carbocycles. The lowest BCUT2D eigenvalue weighted by Gasteiger charge is -2.38. The normalized spacial score (nSPS) is 29.0. The fourth-order valence-electron chi connectivity index (χ4n) is 4.58. The minimum atomic E-state index is -0.542. The van der Waals surface area contributed by atoms with Gasteiger partial charge >= 0.3 is 0 Å². The Bertz CT molecular complexity index is 1000. The van der Waals surface area contributed by atoms with Gasteiger partial charge < -0.3 is 9.47 Å². The Kier molecular flexibility index (Phi) is 4.48. The van der Waals surface area contributed by atoms with Crippen molar-refractivity contribution < 1.29 is 19.1 Å². The van der Waals surface area contributed by atoms with Crippen LogP contribution >= 0.6 is 11.3 Å². The molecule has 0 radical (unpaired) electrons. The number of methoxy groups -OCH3 is 1. The molecule has 150 valence electrons. The number of hydrogen-bond acceptors (Lipinski definition) is 7. The Morgan fingerprint density at radius 1 is 1.17 bits per heavy atom. The molecule has 3 aliphatic rings. The number of nitrogens with zero attached hydrogens (tertiary/aromatic N) is 3. The summed E-state index contributed by atoms with van der Waals surface area (Å²) in [5, 5.41) is 9.48. The number of ketones is 1. The van der Waals surface area contributed by atoms with Gasteiger partial charge in [0.05, 0.1) is 23.6 Å². The second-order valence-corrected chi connectivity index (χ2v) is 8.79. The molecule has 1 aliphatic carbocycles. The molecule has 4 unspecified atom stereocenters. The van der Waals surface area contributed by atoms with E-state index in [1.54, 1.807) is 12.0 Å². The van der Waals surface area contributed by atoms with Gasteiger partial charge in [-0.3, -0.25) is 14.5 Å². The zero-order chi connectivity index (χ0) is 20.1. The molecule has 29 heavy (non-hydrogen) atoms. The van der Waals surface area contributed by atoms with Gasteiger partial charge in [-0.15, -0.1) is 10.2 Å². The van der Waals surface area contributed by atoms with E-state index < -0.39 is 6.04 Å². The summed E-state index contributed by atoms with van der Waals surface area (Å²) in [4.78, 5) is 28.5. The first-order chi connectivity index (χ1) is 14.1. The summed E-state index contributed by atoms with van der Waals surface area (Å²) in [5.74, 6) is -0.391. The third kappa shape index (κ3) is 2.89. The number of aryl methyl sites for hydroxylation is 1. The van der Waals surface area contributed by atoms with E-state index in [9.17, 15) is 9.59 Å². The molecule has 2 aromatic rings. The van der Waals surface area contributed by atoms with Gasteiger partial charge in [0, 0.05) is 13.5 Å². The van der Waals surface area contributed by atoms with Crippen LogP contribution in [-0.4, -0.2) is 41.2 Å². The topological polar surface area (TPSA) is 81.6 Å². The minimum Gasteiger partial charge on any atom is -0.483 e. The molecule has 0 bridgehead atoms. The second kappa shape index (κ2) is 7.03. The zero-order valence-electron chi connectivity index (χ0n) is 16.2. The van der Waals surface area contributed by atoms with Gasteiger partial charge in [0.1, 0.15) is 11.1 Å². The van der Waals surface area contributed by atoms with Crippen molar-refractivity contribution in [2.24, 2.45) is 5.92 Å². The molecule has 3 heterocycles. The number of fused-ring (bicyclic) bond motifs is 1. The van der Waals surface area contributed by atoms with Gasteiger partial charge in [0.2, 0.25) is 5.13 Å². The Morgan fingerprint density at radius 3 is 2.66 bits per heavy atom. The standard InChI is InChI=1S/C21H21N3O4S/c1-11-22-23-21(29-11)24-17(12-6-4-3-5-7-12)16-18(25)14-9-8-13(27-2)10-15(14)28-19(16)20(24)26/h3-7,13-15,17H,8-10H2,1-2H3. The lowest BCUT2D eigenvalue weighted by Crippen LogP contribution is -2.43. The van der Waals surface area contributed by atoms with Crippen molar-refractivity contribution in [2.75, 3.05) is 12.0 Å². The van der Waals surface area contributed by atoms with E-state index in [2.05, 4.69) is 10.2 Å². The smallest absolute Gasteiger partial charge is 0.296 e. The van der Waals surface area contributed by atoms with E-state index in [-0.39, 0.29) is 35.6 Å². The zero-order valence-corrected chi connectivity index (χ0v) is 17.0. The summed E-state index contributed by atoms with van der Waals surface area (Å²) < 4.78 is 11.7. The number of ether oxygens (including phenoxy) is 2. The molecular weight excluding hydrogens is 390 g/mol. The average molecular weight is 411 g/mol. The van der Waals surface area contributed by atoms with Gasteiger partial charge in [-0.1, -0.05) is 41.7 Å². The molecule has 4 atom stereocenters. The van der Waals surface area contributed by atoms with Gasteiger partial charge in [-0.25, -0.2) is 0 Å². The molecule has 7 nitrogen and oxygen atoms in total. The number of aromatic nitrogens is 2. The van der Waals surface area contributed by atoms with Crippen LogP contribution in [0.1, 0.15) is 35.9 Å². The maximum absolute atomic E-state index is 13.6. The van der Waals surface area contributed by atoms with Crippen LogP contribution in [0.4, 0.5) is 5.13 Å². The Labute approximate surface area is 172 Å². The molecule has 1 aromatic carbocycles. The summed E-state index contributed by atoms with van der Waals surface area (Å²) in [6, 6.07) is 9.03. The average Bonchev–Trinajstić information content (AvgIpc) is 3.29. The molecule has 0 N–H and O–H groups in total. The lowest BCUT2D eigenvalue weighted by atomic mass is 9.76. The Morgan fingerprint density at radius 2 is 1.97 bits per heavy atom. The second-order valence-electron chi connectivity index (χ2n) is 7.63. The first-order valence-electron chi connectivity index (χ1n) is 9.75. The van der Waals surface area contributed by atoms with Crippen LogP contribution in [0.5, 0.6) is 0 Å². The molecular formula is C21H21N3O4S. The molecule has 0 saturated heterocycles. The first kappa shape index (κ1) is 18.4. The number of benzene rings is 1. The van der Waals surface area contributed by atoms with Crippen LogP contribution in [0.2, 0.25) is 0 Å². The van der Waals surface area contributed by atoms with E-state index in [1.165, 1.54) is 11.3 Å². The van der Waals surface area contributed by atoms with E-state index >= 15 is 0 Å². The number of hydrogen-bond donors (Lipinski definition) is 0. The maximum Gasteiger partial charge on any atom is 0.296 e. The third-order valence-electron chi connectivity index (χ3n) is 5.97. The van der Waals surface area contributed by atoms with Crippen molar-refractivity contribution in [1.82, 2.24) is 10.2 Å². The summed E-state index contributed by atoms with van der Waals surface area (Å²) in [7, 11) is 1.67. The fraction of sp³-hybridized carbons (Fsp3) is 0.429. The molecule has 2 aliphatic heterocycles. The molecule has 8 heteroatoms. The van der Waals surface area contributed by atoms with E-state index in [0.29, 0.717) is 23.5 Å². The van der Waals surface area contributed by atoms with E-state index in [4.69, 9.17) is 9.47 Å². The number of Topliss-reactive ketones (excluding diaryl/α,β-unsaturated/α-hetero) is 1. The number of amides is 1. The molecule has 1 fully saturated rings. The SMILES string of the molecule is COC1CCC2C(=O)C3=C(OC2C1)C(=O)N(c1nnc(C)s1)C3c1ccccc1. The van der Waals surface area contributed by atoms with Crippen molar-refractivity contribution in [1.29, 1.82) is 0 Å². The van der Waals surface area contributed by atoms with Gasteiger partial charge in [0.25, 0.3) is 5.91 Å². The summed E-state index contributed by atoms with van der Waals surface area (Å²) in [6.45, 7) is 1.84. The molecule has 1 aromatic heterocycles. The third-order valence-corrected chi connectivity index (χ3v) is 6.81. The summed E-state index contributed by atoms with van der Waals surface area (Å²) >= 11 is 1.33. The number of carbonyl (C=O) groups excluding carboxylic acids is 2. The van der Waals surface area contributed by atoms with Crippen LogP contribution in [0.15, 0.2) is 41.7 Å². The highest BCUT2D eigenvalue weighted by atomic mass is 32.1. The highest BCUT2D eigenvalue weighted by Gasteiger charge is 2.53. The minimum absolute atomic E-state index is 0.0109. The van der Waals surface area contributed by atoms with E-state index in [0.717, 1.165) is 17.0 Å². The monoisotopic (exact) mass is 411 g/mol. The highest BCUT2D eigenvalue weighted by Crippen LogP contribution is 2.48. The first-order valence-corrected chi connectivity index (χ1v) is 10.6. The number of rotatable bonds is 3. The Hall–Kier alpha value is -2.58. The van der Waals surface area contributed by atoms with Crippen molar-refractivity contribution in [3.05, 3.63) is 52.2 Å². The summed E-state index contributed by atoms with van der Waals surface area (Å²) in [6.07, 6.45) is 1.86. The Balaban J connectivity index is 1.61. The van der Waals surface area contributed by atoms with Crippen LogP contribution in [-0.2, 0) is 19.1 Å². The molecule has 0 spiro atoms. The molecule has 1 amide bonds. The van der Waals surface area contributed by atoms with Crippen LogP contribution in [0.25, 0.3) is 0 Å². The van der Waals surface area contributed by atoms with E-state index in [1.807, 2.05) is 37.3 Å². The van der Waals surface area contributed by atoms with Crippen LogP contribution < -0.4 is 4.90 Å². The lowest BCUT2D eigenvalue weighted by molar-refractivity contribution is -0.135. The van der Waals surface area contributed by atoms with Crippen molar-refractivity contribution in [3.63, 3.8) is 0 Å². The highest BCUT2D eigenvalue weighted by molar-refractivity contribution is 7.15. The maximum atomic E-state index is 13.6. The van der Waals surface area contributed by atoms with Crippen molar-refractivity contribution in [3.8, 4) is 0 Å². The van der Waals surface area contributed by atoms with Crippen LogP contribution in [0.3, 0.4) is 0 Å². The number of carbonyl (C=O) groups is 2. The van der Waals surface area contributed by atoms with Gasteiger partial charge in [-0.05, 0) is 25.3 Å². The quantitative estimate of drug-likeness (QED) is 0.772.